The molecule has 0 bridgehead atoms. The summed E-state index contributed by atoms with van der Waals surface area (Å²) < 4.78 is 0. The van der Waals surface area contributed by atoms with Crippen LogP contribution >= 0.6 is 0 Å². The number of nitrogens with zero attached hydrogens (tertiary/aromatic N) is 2. The second-order valence-corrected chi connectivity index (χ2v) is 6.31. The first-order valence-electron chi connectivity index (χ1n) is 8.05. The standard InChI is InChI=1S/C15H27N3O3/c1-3-7-17-8-5-12(6-9-17)16-15(21)18-10-4-11(2)13(18)14(19)20/h11-13H,3-10H2,1-2H3,(H,16,21)(H,19,20). The van der Waals surface area contributed by atoms with E-state index in [0.717, 1.165) is 45.3 Å². The first-order chi connectivity index (χ1) is 10.0. The van der Waals surface area contributed by atoms with Gasteiger partial charge in [-0.3, -0.25) is 0 Å². The average Bonchev–Trinajstić information content (AvgIpc) is 2.83. The van der Waals surface area contributed by atoms with Crippen molar-refractivity contribution in [3.63, 3.8) is 0 Å². The monoisotopic (exact) mass is 297 g/mol. The Hall–Kier alpha value is -1.30. The molecule has 2 unspecified atom stereocenters. The number of carboxylic acid groups (broad SMARTS) is 1. The van der Waals surface area contributed by atoms with Gasteiger partial charge in [0, 0.05) is 25.7 Å². The van der Waals surface area contributed by atoms with Crippen LogP contribution in [-0.4, -0.2) is 65.2 Å². The minimum Gasteiger partial charge on any atom is -0.480 e. The van der Waals surface area contributed by atoms with Crippen molar-refractivity contribution in [1.29, 1.82) is 0 Å². The molecule has 6 nitrogen and oxygen atoms in total. The van der Waals surface area contributed by atoms with Gasteiger partial charge in [-0.2, -0.15) is 0 Å². The van der Waals surface area contributed by atoms with Gasteiger partial charge in [0.15, 0.2) is 0 Å². The summed E-state index contributed by atoms with van der Waals surface area (Å²) in [4.78, 5) is 27.5. The number of urea groups is 1. The fourth-order valence-electron chi connectivity index (χ4n) is 3.43. The van der Waals surface area contributed by atoms with Crippen molar-refractivity contribution in [2.75, 3.05) is 26.2 Å². The number of likely N-dealkylation sites (tertiary alicyclic amines) is 2. The fraction of sp³-hybridized carbons (Fsp3) is 0.867. The Morgan fingerprint density at radius 3 is 2.43 bits per heavy atom. The third kappa shape index (κ3) is 3.87. The van der Waals surface area contributed by atoms with Crippen LogP contribution in [0.3, 0.4) is 0 Å². The molecule has 0 spiro atoms. The lowest BCUT2D eigenvalue weighted by molar-refractivity contribution is -0.142. The topological polar surface area (TPSA) is 72.9 Å². The lowest BCUT2D eigenvalue weighted by Crippen LogP contribution is -2.52. The number of nitrogens with one attached hydrogen (secondary N) is 1. The molecule has 2 N–H and O–H groups in total. The molecular formula is C15H27N3O3. The van der Waals surface area contributed by atoms with Crippen molar-refractivity contribution in [3.05, 3.63) is 0 Å². The van der Waals surface area contributed by atoms with Crippen LogP contribution in [0.25, 0.3) is 0 Å². The van der Waals surface area contributed by atoms with E-state index >= 15 is 0 Å². The number of hydrogen-bond acceptors (Lipinski definition) is 3. The van der Waals surface area contributed by atoms with E-state index in [0.29, 0.717) is 6.54 Å². The van der Waals surface area contributed by atoms with Crippen LogP contribution in [0, 0.1) is 5.92 Å². The highest BCUT2D eigenvalue weighted by Crippen LogP contribution is 2.24. The van der Waals surface area contributed by atoms with E-state index < -0.39 is 12.0 Å². The fourth-order valence-corrected chi connectivity index (χ4v) is 3.43. The zero-order valence-corrected chi connectivity index (χ0v) is 13.0. The van der Waals surface area contributed by atoms with Crippen LogP contribution < -0.4 is 5.32 Å². The smallest absolute Gasteiger partial charge is 0.326 e. The van der Waals surface area contributed by atoms with E-state index in [2.05, 4.69) is 17.1 Å². The van der Waals surface area contributed by atoms with Gasteiger partial charge >= 0.3 is 12.0 Å². The summed E-state index contributed by atoms with van der Waals surface area (Å²) in [6.45, 7) is 7.75. The van der Waals surface area contributed by atoms with Gasteiger partial charge in [-0.05, 0) is 38.1 Å². The SMILES string of the molecule is CCCN1CCC(NC(=O)N2CCC(C)C2C(=O)O)CC1. The Kier molecular flexibility index (Phi) is 5.45. The number of amides is 2. The van der Waals surface area contributed by atoms with Crippen LogP contribution in [0.15, 0.2) is 0 Å². The number of aliphatic carboxylic acids is 1. The predicted octanol–water partition coefficient (Wildman–Crippen LogP) is 1.37. The molecule has 2 fully saturated rings. The highest BCUT2D eigenvalue weighted by atomic mass is 16.4. The van der Waals surface area contributed by atoms with Crippen molar-refractivity contribution in [3.8, 4) is 0 Å². The third-order valence-electron chi connectivity index (χ3n) is 4.67. The molecule has 21 heavy (non-hydrogen) atoms. The Bertz CT molecular complexity index is 380. The van der Waals surface area contributed by atoms with Gasteiger partial charge in [-0.25, -0.2) is 9.59 Å². The van der Waals surface area contributed by atoms with Crippen LogP contribution in [0.1, 0.15) is 39.5 Å². The molecule has 2 rings (SSSR count). The molecule has 0 aromatic carbocycles. The first-order valence-corrected chi connectivity index (χ1v) is 8.05. The zero-order valence-electron chi connectivity index (χ0n) is 13.0. The quantitative estimate of drug-likeness (QED) is 0.822. The summed E-state index contributed by atoms with van der Waals surface area (Å²) in [5, 5.41) is 12.3. The molecule has 2 aliphatic rings. The number of carboxylic acids is 1. The predicted molar refractivity (Wildman–Crippen MR) is 80.2 cm³/mol. The van der Waals surface area contributed by atoms with E-state index in [9.17, 15) is 14.7 Å². The molecule has 0 aromatic rings. The molecule has 2 atom stereocenters. The lowest BCUT2D eigenvalue weighted by atomic mass is 10.0. The maximum absolute atomic E-state index is 12.3. The van der Waals surface area contributed by atoms with Gasteiger partial charge in [0.2, 0.25) is 0 Å². The van der Waals surface area contributed by atoms with Gasteiger partial charge < -0.3 is 20.2 Å². The van der Waals surface area contributed by atoms with E-state index in [1.165, 1.54) is 4.90 Å². The van der Waals surface area contributed by atoms with Gasteiger partial charge in [0.25, 0.3) is 0 Å². The van der Waals surface area contributed by atoms with E-state index in [1.54, 1.807) is 0 Å². The van der Waals surface area contributed by atoms with Gasteiger partial charge in [0.05, 0.1) is 0 Å². The zero-order chi connectivity index (χ0) is 15.4. The van der Waals surface area contributed by atoms with Crippen LogP contribution in [0.4, 0.5) is 4.79 Å². The Morgan fingerprint density at radius 2 is 1.86 bits per heavy atom. The molecule has 0 saturated carbocycles. The first kappa shape index (κ1) is 16.1. The minimum absolute atomic E-state index is 0.0275. The van der Waals surface area contributed by atoms with Crippen LogP contribution in [-0.2, 0) is 4.79 Å². The second kappa shape index (κ2) is 7.11. The molecule has 0 aromatic heterocycles. The number of hydrogen-bond donors (Lipinski definition) is 2. The normalized spacial score (nSPS) is 27.8. The van der Waals surface area contributed by atoms with Crippen LogP contribution in [0.2, 0.25) is 0 Å². The summed E-state index contributed by atoms with van der Waals surface area (Å²) in [7, 11) is 0. The van der Waals surface area contributed by atoms with Crippen LogP contribution in [0.5, 0.6) is 0 Å². The maximum Gasteiger partial charge on any atom is 0.326 e. The molecule has 2 aliphatic heterocycles. The van der Waals surface area contributed by atoms with E-state index in [1.807, 2.05) is 6.92 Å². The number of rotatable bonds is 4. The highest BCUT2D eigenvalue weighted by Gasteiger charge is 2.40. The molecule has 2 amide bonds. The Labute approximate surface area is 126 Å². The van der Waals surface area contributed by atoms with E-state index in [4.69, 9.17) is 0 Å². The van der Waals surface area contributed by atoms with Crippen molar-refractivity contribution >= 4 is 12.0 Å². The summed E-state index contributed by atoms with van der Waals surface area (Å²) in [5.74, 6) is -0.868. The number of carbonyl (C=O) groups is 2. The number of piperidine rings is 1. The maximum atomic E-state index is 12.3. The largest absolute Gasteiger partial charge is 0.480 e. The van der Waals surface area contributed by atoms with Gasteiger partial charge in [0.1, 0.15) is 6.04 Å². The summed E-state index contributed by atoms with van der Waals surface area (Å²) in [5.41, 5.74) is 0. The van der Waals surface area contributed by atoms with Crippen molar-refractivity contribution in [2.24, 2.45) is 5.92 Å². The summed E-state index contributed by atoms with van der Waals surface area (Å²) in [6, 6.07) is -0.707. The molecule has 2 saturated heterocycles. The van der Waals surface area contributed by atoms with E-state index in [-0.39, 0.29) is 18.0 Å². The minimum atomic E-state index is -0.895. The third-order valence-corrected chi connectivity index (χ3v) is 4.67. The lowest BCUT2D eigenvalue weighted by Gasteiger charge is -2.33. The average molecular weight is 297 g/mol. The Balaban J connectivity index is 1.83. The second-order valence-electron chi connectivity index (χ2n) is 6.31. The molecule has 0 radical (unpaired) electrons. The Morgan fingerprint density at radius 1 is 1.19 bits per heavy atom. The molecule has 6 heteroatoms. The van der Waals surface area contributed by atoms with Crippen molar-refractivity contribution in [1.82, 2.24) is 15.1 Å². The van der Waals surface area contributed by atoms with Crippen molar-refractivity contribution < 1.29 is 14.7 Å². The van der Waals surface area contributed by atoms with Gasteiger partial charge in [-0.15, -0.1) is 0 Å². The molecule has 2 heterocycles. The summed E-state index contributed by atoms with van der Waals surface area (Å²) >= 11 is 0. The number of carbonyl (C=O) groups excluding carboxylic acids is 1. The molecule has 120 valence electrons. The van der Waals surface area contributed by atoms with Gasteiger partial charge in [-0.1, -0.05) is 13.8 Å². The van der Waals surface area contributed by atoms with Crippen molar-refractivity contribution in [2.45, 2.75) is 51.6 Å². The molecule has 0 aliphatic carbocycles. The highest BCUT2D eigenvalue weighted by molar-refractivity contribution is 5.83. The summed E-state index contributed by atoms with van der Waals surface area (Å²) in [6.07, 6.45) is 3.82. The molecular weight excluding hydrogens is 270 g/mol.